The van der Waals surface area contributed by atoms with Crippen LogP contribution in [0.25, 0.3) is 0 Å². The number of benzene rings is 6. The van der Waals surface area contributed by atoms with E-state index in [0.29, 0.717) is 52.7 Å². The van der Waals surface area contributed by atoms with E-state index in [-0.39, 0.29) is 24.7 Å². The van der Waals surface area contributed by atoms with Crippen molar-refractivity contribution >= 4 is 0 Å². The molecule has 0 unspecified atom stereocenters. The number of rotatable bonds is 22. The molecule has 1 saturated heterocycles. The third-order valence-corrected chi connectivity index (χ3v) is 11.5. The number of hydrogen-bond acceptors (Lipinski definition) is 8. The van der Waals surface area contributed by atoms with Crippen LogP contribution in [0.4, 0.5) is 0 Å². The van der Waals surface area contributed by atoms with Gasteiger partial charge < -0.3 is 37.9 Å². The molecule has 6 aromatic rings. The molecule has 8 heteroatoms. The summed E-state index contributed by atoms with van der Waals surface area (Å²) < 4.78 is 54.3. The first-order valence-electron chi connectivity index (χ1n) is 22.1. The first-order chi connectivity index (χ1) is 31.2. The van der Waals surface area contributed by atoms with E-state index in [4.69, 9.17) is 37.9 Å². The van der Waals surface area contributed by atoms with Crippen molar-refractivity contribution in [3.05, 3.63) is 228 Å². The van der Waals surface area contributed by atoms with E-state index in [9.17, 15) is 0 Å². The molecule has 0 aliphatic carbocycles. The van der Waals surface area contributed by atoms with Crippen LogP contribution in [0.2, 0.25) is 0 Å². The van der Waals surface area contributed by atoms with E-state index >= 15 is 0 Å². The molecule has 0 N–H and O–H groups in total. The summed E-state index contributed by atoms with van der Waals surface area (Å²) in [4.78, 5) is 0. The second kappa shape index (κ2) is 23.9. The molecule has 0 bridgehead atoms. The summed E-state index contributed by atoms with van der Waals surface area (Å²) in [6.45, 7) is 3.06. The average Bonchev–Trinajstić information content (AvgIpc) is 3.34. The maximum atomic E-state index is 7.28. The fraction of sp³-hybridized carbons (Fsp3) is 0.309. The minimum atomic E-state index is -0.531. The minimum absolute atomic E-state index is 0.122. The van der Waals surface area contributed by atoms with Gasteiger partial charge >= 0.3 is 0 Å². The Bertz CT molecular complexity index is 2180. The zero-order valence-corrected chi connectivity index (χ0v) is 35.7. The number of hydrogen-bond donors (Lipinski definition) is 0. The van der Waals surface area contributed by atoms with Crippen molar-refractivity contribution in [2.75, 3.05) is 13.2 Å². The minimum Gasteiger partial charge on any atom is -0.493 e. The van der Waals surface area contributed by atoms with Gasteiger partial charge in [-0.3, -0.25) is 0 Å². The first-order valence-corrected chi connectivity index (χ1v) is 22.1. The smallest absolute Gasteiger partial charge is 0.148 e. The Kier molecular flexibility index (Phi) is 16.7. The van der Waals surface area contributed by atoms with E-state index in [1.165, 1.54) is 0 Å². The summed E-state index contributed by atoms with van der Waals surface area (Å²) in [6, 6.07) is 61.3. The standard InChI is InChI=1S/C55H58O8/c1-7-19-42(20-8-1)34-56-40-50-52(59-36-44-23-11-3-12-24-44)48(31-32-58-50)33-49-53(60-37-45-25-13-4-14-26-45)55(62-39-47-29-17-6-18-30-47)54(61-38-46-27-15-5-16-28-46)51(63-49)41-57-35-43-21-9-2-10-22-43/h1-32,48-55H,33-41H2/t48-,49+,50+,51-,52-,53-,54-,55-/m1/s1. The van der Waals surface area contributed by atoms with Crippen LogP contribution in [0.15, 0.2) is 194 Å². The van der Waals surface area contributed by atoms with E-state index in [1.807, 2.05) is 109 Å². The molecule has 8 atom stereocenters. The Morgan fingerprint density at radius 1 is 0.333 bits per heavy atom. The lowest BCUT2D eigenvalue weighted by Gasteiger charge is -2.47. The second-order valence-corrected chi connectivity index (χ2v) is 16.2. The van der Waals surface area contributed by atoms with Gasteiger partial charge in [0, 0.05) is 5.92 Å². The summed E-state index contributed by atoms with van der Waals surface area (Å²) in [5.41, 5.74) is 6.43. The molecule has 0 radical (unpaired) electrons. The molecule has 0 spiro atoms. The third kappa shape index (κ3) is 13.3. The van der Waals surface area contributed by atoms with Gasteiger partial charge in [0.05, 0.1) is 65.2 Å². The Morgan fingerprint density at radius 2 is 0.667 bits per heavy atom. The maximum Gasteiger partial charge on any atom is 0.148 e. The van der Waals surface area contributed by atoms with Crippen LogP contribution in [-0.2, 0) is 77.5 Å². The van der Waals surface area contributed by atoms with Crippen LogP contribution in [0.1, 0.15) is 39.8 Å². The zero-order chi connectivity index (χ0) is 42.7. The van der Waals surface area contributed by atoms with Gasteiger partial charge in [0.25, 0.3) is 0 Å². The second-order valence-electron chi connectivity index (χ2n) is 16.2. The van der Waals surface area contributed by atoms with Crippen molar-refractivity contribution in [3.63, 3.8) is 0 Å². The van der Waals surface area contributed by atoms with Gasteiger partial charge in [-0.1, -0.05) is 182 Å². The normalized spacial score (nSPS) is 23.2. The quantitative estimate of drug-likeness (QED) is 0.0669. The summed E-state index contributed by atoms with van der Waals surface area (Å²) >= 11 is 0. The Morgan fingerprint density at radius 3 is 1.08 bits per heavy atom. The van der Waals surface area contributed by atoms with Gasteiger partial charge in [0.2, 0.25) is 0 Å². The maximum absolute atomic E-state index is 7.28. The van der Waals surface area contributed by atoms with Crippen LogP contribution < -0.4 is 0 Å². The summed E-state index contributed by atoms with van der Waals surface area (Å²) in [5, 5.41) is 0. The van der Waals surface area contributed by atoms with Crippen molar-refractivity contribution < 1.29 is 37.9 Å². The van der Waals surface area contributed by atoms with Crippen LogP contribution >= 0.6 is 0 Å². The highest BCUT2D eigenvalue weighted by atomic mass is 16.6. The first kappa shape index (κ1) is 44.2. The van der Waals surface area contributed by atoms with Gasteiger partial charge in [-0.05, 0) is 45.9 Å². The highest BCUT2D eigenvalue weighted by Crippen LogP contribution is 2.37. The summed E-state index contributed by atoms with van der Waals surface area (Å²) in [6.07, 6.45) is 1.20. The van der Waals surface area contributed by atoms with Crippen molar-refractivity contribution in [3.8, 4) is 0 Å². The van der Waals surface area contributed by atoms with Crippen molar-refractivity contribution in [2.45, 2.75) is 88.8 Å². The largest absolute Gasteiger partial charge is 0.493 e. The highest BCUT2D eigenvalue weighted by molar-refractivity contribution is 5.18. The van der Waals surface area contributed by atoms with E-state index in [2.05, 4.69) is 78.9 Å². The molecular weight excluding hydrogens is 789 g/mol. The van der Waals surface area contributed by atoms with Gasteiger partial charge in [0.1, 0.15) is 36.6 Å². The molecule has 0 amide bonds. The predicted octanol–water partition coefficient (Wildman–Crippen LogP) is 10.4. The van der Waals surface area contributed by atoms with Gasteiger partial charge in [0.15, 0.2) is 0 Å². The monoisotopic (exact) mass is 846 g/mol. The van der Waals surface area contributed by atoms with Crippen LogP contribution in [0.5, 0.6) is 0 Å². The molecule has 6 aromatic carbocycles. The van der Waals surface area contributed by atoms with E-state index in [0.717, 1.165) is 33.4 Å². The molecule has 0 saturated carbocycles. The SMILES string of the molecule is C1=C[C@H](C[C@@H]2O[C@H](COCc3ccccc3)[C@@H](OCc3ccccc3)[C@H](OCc3ccccc3)[C@@H]2OCc2ccccc2)[C@@H](OCc2ccccc2)[C@H](COCc2ccccc2)O1. The fourth-order valence-electron chi connectivity index (χ4n) is 8.26. The lowest BCUT2D eigenvalue weighted by atomic mass is 9.84. The molecule has 2 heterocycles. The zero-order valence-electron chi connectivity index (χ0n) is 35.7. The molecule has 8 nitrogen and oxygen atoms in total. The summed E-state index contributed by atoms with van der Waals surface area (Å²) in [7, 11) is 0. The Labute approximate surface area is 372 Å². The highest BCUT2D eigenvalue weighted by Gasteiger charge is 2.50. The van der Waals surface area contributed by atoms with Crippen LogP contribution in [-0.4, -0.2) is 55.9 Å². The van der Waals surface area contributed by atoms with Crippen LogP contribution in [0.3, 0.4) is 0 Å². The van der Waals surface area contributed by atoms with Crippen molar-refractivity contribution in [2.24, 2.45) is 5.92 Å². The molecule has 0 aromatic heterocycles. The molecule has 2 aliphatic heterocycles. The lowest BCUT2D eigenvalue weighted by Crippen LogP contribution is -2.61. The molecular formula is C55H58O8. The van der Waals surface area contributed by atoms with Gasteiger partial charge in [-0.15, -0.1) is 0 Å². The Hall–Kier alpha value is -5.42. The van der Waals surface area contributed by atoms with Gasteiger partial charge in [-0.2, -0.15) is 0 Å². The van der Waals surface area contributed by atoms with E-state index in [1.54, 1.807) is 6.26 Å². The topological polar surface area (TPSA) is 73.8 Å². The molecule has 8 rings (SSSR count). The average molecular weight is 847 g/mol. The van der Waals surface area contributed by atoms with Crippen molar-refractivity contribution in [1.82, 2.24) is 0 Å². The molecule has 326 valence electrons. The van der Waals surface area contributed by atoms with Crippen LogP contribution in [0, 0.1) is 5.92 Å². The van der Waals surface area contributed by atoms with E-state index < -0.39 is 30.5 Å². The molecule has 63 heavy (non-hydrogen) atoms. The fourth-order valence-corrected chi connectivity index (χ4v) is 8.26. The number of ether oxygens (including phenoxy) is 8. The lowest BCUT2D eigenvalue weighted by molar-refractivity contribution is -0.276. The third-order valence-electron chi connectivity index (χ3n) is 11.5. The molecule has 2 aliphatic rings. The summed E-state index contributed by atoms with van der Waals surface area (Å²) in [5.74, 6) is -0.122. The van der Waals surface area contributed by atoms with Gasteiger partial charge in [-0.25, -0.2) is 0 Å². The predicted molar refractivity (Wildman–Crippen MR) is 243 cm³/mol. The van der Waals surface area contributed by atoms with Crippen molar-refractivity contribution in [1.29, 1.82) is 0 Å². The molecule has 1 fully saturated rings. The Balaban J connectivity index is 1.11.